The van der Waals surface area contributed by atoms with Crippen LogP contribution in [0.5, 0.6) is 5.75 Å². The molecule has 0 aliphatic carbocycles. The number of anilines is 1. The maximum absolute atomic E-state index is 10.8. The lowest BCUT2D eigenvalue weighted by Crippen LogP contribution is -2.11. The number of nitrogens with one attached hydrogen (secondary N) is 1. The first-order valence-corrected chi connectivity index (χ1v) is 6.63. The second-order valence-electron chi connectivity index (χ2n) is 4.41. The summed E-state index contributed by atoms with van der Waals surface area (Å²) >= 11 is 5.34. The summed E-state index contributed by atoms with van der Waals surface area (Å²) in [6, 6.07) is 12.2. The van der Waals surface area contributed by atoms with E-state index >= 15 is 0 Å². The zero-order chi connectivity index (χ0) is 15.4. The highest BCUT2D eigenvalue weighted by molar-refractivity contribution is 7.81. The number of ether oxygens (including phenoxy) is 1. The van der Waals surface area contributed by atoms with Crippen molar-refractivity contribution in [2.75, 3.05) is 12.4 Å². The Bertz CT molecular complexity index is 701. The third kappa shape index (κ3) is 3.35. The molecule has 1 N–H and O–H groups in total. The van der Waals surface area contributed by atoms with E-state index in [1.165, 1.54) is 6.07 Å². The van der Waals surface area contributed by atoms with Gasteiger partial charge in [-0.25, -0.2) is 0 Å². The molecule has 0 saturated carbocycles. The molecule has 0 radical (unpaired) electrons. The van der Waals surface area contributed by atoms with Crippen molar-refractivity contribution in [1.82, 2.24) is 0 Å². The molecule has 2 aromatic carbocycles. The first-order chi connectivity index (χ1) is 10.0. The minimum Gasteiger partial charge on any atom is -0.495 e. The minimum absolute atomic E-state index is 0.0823. The van der Waals surface area contributed by atoms with Crippen LogP contribution in [0, 0.1) is 17.0 Å². The molecule has 108 valence electrons. The van der Waals surface area contributed by atoms with E-state index in [-0.39, 0.29) is 5.69 Å². The normalized spacial score (nSPS) is 10.0. The molecule has 0 aliphatic heterocycles. The van der Waals surface area contributed by atoms with Crippen LogP contribution in [-0.4, -0.2) is 17.0 Å². The first kappa shape index (κ1) is 14.9. The Kier molecular flexibility index (Phi) is 4.49. The number of nitro groups is 1. The average molecular weight is 302 g/mol. The number of aryl methyl sites for hydroxylation is 1. The summed E-state index contributed by atoms with van der Waals surface area (Å²) in [6.07, 6.45) is 0. The Morgan fingerprint density at radius 1 is 1.29 bits per heavy atom. The fraction of sp³-hybridized carbons (Fsp3) is 0.133. The fourth-order valence-electron chi connectivity index (χ4n) is 1.94. The van der Waals surface area contributed by atoms with Gasteiger partial charge in [0, 0.05) is 17.2 Å². The van der Waals surface area contributed by atoms with Crippen molar-refractivity contribution in [3.05, 3.63) is 63.7 Å². The van der Waals surface area contributed by atoms with Gasteiger partial charge in [0.25, 0.3) is 5.69 Å². The molecule has 0 spiro atoms. The Morgan fingerprint density at radius 2 is 2.00 bits per heavy atom. The molecule has 2 rings (SSSR count). The summed E-state index contributed by atoms with van der Waals surface area (Å²) in [6.45, 7) is 1.69. The van der Waals surface area contributed by atoms with Crippen LogP contribution in [0.15, 0.2) is 42.5 Å². The molecule has 2 aromatic rings. The van der Waals surface area contributed by atoms with Gasteiger partial charge >= 0.3 is 0 Å². The highest BCUT2D eigenvalue weighted by Crippen LogP contribution is 2.25. The average Bonchev–Trinajstić information content (AvgIpc) is 2.47. The van der Waals surface area contributed by atoms with Gasteiger partial charge in [0.1, 0.15) is 10.7 Å². The molecular formula is C15H14N2O3S. The van der Waals surface area contributed by atoms with Crippen molar-refractivity contribution in [3.8, 4) is 5.75 Å². The van der Waals surface area contributed by atoms with E-state index in [0.717, 1.165) is 11.3 Å². The van der Waals surface area contributed by atoms with Crippen LogP contribution >= 0.6 is 12.2 Å². The van der Waals surface area contributed by atoms with E-state index in [2.05, 4.69) is 5.32 Å². The van der Waals surface area contributed by atoms with E-state index in [1.807, 2.05) is 24.3 Å². The Balaban J connectivity index is 2.25. The number of thiocarbonyl (C=S) groups is 1. The van der Waals surface area contributed by atoms with Gasteiger partial charge in [-0.2, -0.15) is 0 Å². The van der Waals surface area contributed by atoms with E-state index in [4.69, 9.17) is 17.0 Å². The molecule has 0 heterocycles. The smallest absolute Gasteiger partial charge is 0.272 e. The quantitative estimate of drug-likeness (QED) is 0.530. The van der Waals surface area contributed by atoms with E-state index in [0.29, 0.717) is 16.3 Å². The van der Waals surface area contributed by atoms with Gasteiger partial charge in [-0.3, -0.25) is 10.1 Å². The summed E-state index contributed by atoms with van der Waals surface area (Å²) in [5.74, 6) is 0.679. The van der Waals surface area contributed by atoms with Gasteiger partial charge in [0.15, 0.2) is 0 Å². The zero-order valence-corrected chi connectivity index (χ0v) is 12.4. The highest BCUT2D eigenvalue weighted by atomic mass is 32.1. The second-order valence-corrected chi connectivity index (χ2v) is 4.82. The number of para-hydroxylation sites is 2. The zero-order valence-electron chi connectivity index (χ0n) is 11.6. The number of nitro benzene ring substituents is 1. The van der Waals surface area contributed by atoms with Crippen LogP contribution < -0.4 is 10.1 Å². The van der Waals surface area contributed by atoms with Crippen molar-refractivity contribution in [1.29, 1.82) is 0 Å². The number of benzene rings is 2. The topological polar surface area (TPSA) is 64.4 Å². The predicted octanol–water partition coefficient (Wildman–Crippen LogP) is 3.70. The van der Waals surface area contributed by atoms with E-state index in [1.54, 1.807) is 26.2 Å². The Labute approximate surface area is 127 Å². The molecule has 0 fully saturated rings. The third-order valence-electron chi connectivity index (χ3n) is 3.01. The SMILES string of the molecule is COc1ccccc1NC(=S)c1ccc([N+](=O)[O-])c(C)c1. The van der Waals surface area contributed by atoms with Crippen molar-refractivity contribution in [2.45, 2.75) is 6.92 Å². The van der Waals surface area contributed by atoms with Crippen LogP contribution in [0.1, 0.15) is 11.1 Å². The lowest BCUT2D eigenvalue weighted by atomic mass is 10.1. The summed E-state index contributed by atoms with van der Waals surface area (Å²) in [7, 11) is 1.58. The Morgan fingerprint density at radius 3 is 2.62 bits per heavy atom. The molecular weight excluding hydrogens is 288 g/mol. The predicted molar refractivity (Wildman–Crippen MR) is 86.2 cm³/mol. The van der Waals surface area contributed by atoms with Gasteiger partial charge in [-0.1, -0.05) is 24.4 Å². The van der Waals surface area contributed by atoms with Crippen molar-refractivity contribution in [3.63, 3.8) is 0 Å². The summed E-state index contributed by atoms with van der Waals surface area (Å²) < 4.78 is 5.24. The van der Waals surface area contributed by atoms with Crippen LogP contribution in [-0.2, 0) is 0 Å². The van der Waals surface area contributed by atoms with E-state index < -0.39 is 4.92 Å². The number of methoxy groups -OCH3 is 1. The van der Waals surface area contributed by atoms with Gasteiger partial charge in [-0.05, 0) is 31.2 Å². The largest absolute Gasteiger partial charge is 0.495 e. The standard InChI is InChI=1S/C15H14N2O3S/c1-10-9-11(7-8-13(10)17(18)19)15(21)16-12-5-3-4-6-14(12)20-2/h3-9H,1-2H3,(H,16,21). The van der Waals surface area contributed by atoms with Gasteiger partial charge in [0.05, 0.1) is 17.7 Å². The summed E-state index contributed by atoms with van der Waals surface area (Å²) in [4.78, 5) is 10.9. The van der Waals surface area contributed by atoms with Gasteiger partial charge in [-0.15, -0.1) is 0 Å². The maximum atomic E-state index is 10.8. The molecule has 0 bridgehead atoms. The number of nitrogens with zero attached hydrogens (tertiary/aromatic N) is 1. The second kappa shape index (κ2) is 6.32. The third-order valence-corrected chi connectivity index (χ3v) is 3.35. The number of hydrogen-bond donors (Lipinski definition) is 1. The molecule has 21 heavy (non-hydrogen) atoms. The molecule has 0 saturated heterocycles. The molecule has 0 aromatic heterocycles. The van der Waals surface area contributed by atoms with Crippen LogP contribution in [0.25, 0.3) is 0 Å². The maximum Gasteiger partial charge on any atom is 0.272 e. The number of rotatable bonds is 4. The van der Waals surface area contributed by atoms with Crippen LogP contribution in [0.4, 0.5) is 11.4 Å². The highest BCUT2D eigenvalue weighted by Gasteiger charge is 2.12. The molecule has 6 heteroatoms. The van der Waals surface area contributed by atoms with Gasteiger partial charge in [0.2, 0.25) is 0 Å². The van der Waals surface area contributed by atoms with Gasteiger partial charge < -0.3 is 10.1 Å². The molecule has 0 aliphatic rings. The minimum atomic E-state index is -0.407. The lowest BCUT2D eigenvalue weighted by Gasteiger charge is -2.12. The monoisotopic (exact) mass is 302 g/mol. The van der Waals surface area contributed by atoms with Crippen LogP contribution in [0.2, 0.25) is 0 Å². The van der Waals surface area contributed by atoms with E-state index in [9.17, 15) is 10.1 Å². The van der Waals surface area contributed by atoms with Crippen molar-refractivity contribution in [2.24, 2.45) is 0 Å². The molecule has 0 amide bonds. The summed E-state index contributed by atoms with van der Waals surface area (Å²) in [5, 5.41) is 13.9. The van der Waals surface area contributed by atoms with Crippen LogP contribution in [0.3, 0.4) is 0 Å². The fourth-order valence-corrected chi connectivity index (χ4v) is 2.18. The number of hydrogen-bond acceptors (Lipinski definition) is 4. The lowest BCUT2D eigenvalue weighted by molar-refractivity contribution is -0.385. The summed E-state index contributed by atoms with van der Waals surface area (Å²) in [5.41, 5.74) is 2.13. The Hall–Kier alpha value is -2.47. The first-order valence-electron chi connectivity index (χ1n) is 6.22. The molecule has 5 nitrogen and oxygen atoms in total. The van der Waals surface area contributed by atoms with Crippen molar-refractivity contribution < 1.29 is 9.66 Å². The van der Waals surface area contributed by atoms with Crippen molar-refractivity contribution >= 4 is 28.6 Å². The molecule has 0 unspecified atom stereocenters. The molecule has 0 atom stereocenters.